The van der Waals surface area contributed by atoms with Crippen LogP contribution in [0.2, 0.25) is 0 Å². The highest BCUT2D eigenvalue weighted by molar-refractivity contribution is 8.07. The lowest BCUT2D eigenvalue weighted by atomic mass is 9.80. The van der Waals surface area contributed by atoms with Crippen molar-refractivity contribution in [2.45, 2.75) is 67.7 Å². The second-order valence-electron chi connectivity index (χ2n) is 6.39. The van der Waals surface area contributed by atoms with Gasteiger partial charge in [-0.15, -0.1) is 0 Å². The quantitative estimate of drug-likeness (QED) is 0.847. The first-order chi connectivity index (χ1) is 9.20. The summed E-state index contributed by atoms with van der Waals surface area (Å²) >= 11 is 4.02. The molecule has 3 aliphatic rings. The van der Waals surface area contributed by atoms with Gasteiger partial charge in [0.05, 0.1) is 11.7 Å². The van der Waals surface area contributed by atoms with Gasteiger partial charge in [-0.3, -0.25) is 0 Å². The van der Waals surface area contributed by atoms with Gasteiger partial charge in [0.1, 0.15) is 0 Å². The molecule has 4 unspecified atom stereocenters. The molecule has 0 amide bonds. The number of rotatable bonds is 2. The van der Waals surface area contributed by atoms with E-state index in [1.54, 1.807) is 0 Å². The minimum absolute atomic E-state index is 0.130. The van der Waals surface area contributed by atoms with E-state index in [0.29, 0.717) is 16.4 Å². The van der Waals surface area contributed by atoms with E-state index >= 15 is 0 Å². The molecule has 1 N–H and O–H groups in total. The summed E-state index contributed by atoms with van der Waals surface area (Å²) in [5.74, 6) is 2.91. The first-order valence-corrected chi connectivity index (χ1v) is 9.85. The van der Waals surface area contributed by atoms with Crippen LogP contribution in [0.25, 0.3) is 0 Å². The van der Waals surface area contributed by atoms with Crippen molar-refractivity contribution < 1.29 is 9.84 Å². The summed E-state index contributed by atoms with van der Waals surface area (Å²) in [5, 5.41) is 11.8. The van der Waals surface area contributed by atoms with E-state index in [9.17, 15) is 5.11 Å². The summed E-state index contributed by atoms with van der Waals surface area (Å²) in [7, 11) is 0. The van der Waals surface area contributed by atoms with Crippen molar-refractivity contribution in [3.63, 3.8) is 0 Å². The second-order valence-corrected chi connectivity index (χ2v) is 9.16. The highest BCUT2D eigenvalue weighted by Crippen LogP contribution is 2.45. The van der Waals surface area contributed by atoms with E-state index in [1.165, 1.54) is 37.2 Å². The first-order valence-electron chi connectivity index (χ1n) is 7.75. The molecule has 0 radical (unpaired) electrons. The molecule has 1 aliphatic carbocycles. The fraction of sp³-hybridized carbons (Fsp3) is 1.00. The van der Waals surface area contributed by atoms with Gasteiger partial charge in [-0.2, -0.15) is 23.5 Å². The molecule has 3 rings (SSSR count). The molecule has 3 fully saturated rings. The minimum atomic E-state index is -0.130. The van der Waals surface area contributed by atoms with Crippen molar-refractivity contribution >= 4 is 23.5 Å². The summed E-state index contributed by atoms with van der Waals surface area (Å²) in [6, 6.07) is 0. The zero-order valence-electron chi connectivity index (χ0n) is 11.8. The Morgan fingerprint density at radius 3 is 2.68 bits per heavy atom. The van der Waals surface area contributed by atoms with Crippen LogP contribution < -0.4 is 0 Å². The molecule has 1 spiro atoms. The number of thioether (sulfide) groups is 2. The maximum Gasteiger partial charge on any atom is 0.0699 e. The summed E-state index contributed by atoms with van der Waals surface area (Å²) in [4.78, 5) is 0. The lowest BCUT2D eigenvalue weighted by Crippen LogP contribution is -2.46. The lowest BCUT2D eigenvalue weighted by molar-refractivity contribution is -0.112. The molecule has 4 heteroatoms. The van der Waals surface area contributed by atoms with Crippen molar-refractivity contribution in [2.24, 2.45) is 5.92 Å². The molecule has 0 aromatic heterocycles. The monoisotopic (exact) mass is 302 g/mol. The molecule has 0 bridgehead atoms. The highest BCUT2D eigenvalue weighted by atomic mass is 32.2. The van der Waals surface area contributed by atoms with E-state index in [4.69, 9.17) is 4.74 Å². The Morgan fingerprint density at radius 2 is 1.95 bits per heavy atom. The van der Waals surface area contributed by atoms with Crippen molar-refractivity contribution in [1.82, 2.24) is 0 Å². The zero-order chi connectivity index (χ0) is 13.3. The van der Waals surface area contributed by atoms with Gasteiger partial charge in [0.15, 0.2) is 0 Å². The van der Waals surface area contributed by atoms with Crippen LogP contribution in [0, 0.1) is 5.92 Å². The molecule has 2 nitrogen and oxygen atoms in total. The maximum atomic E-state index is 10.8. The van der Waals surface area contributed by atoms with Gasteiger partial charge >= 0.3 is 0 Å². The Morgan fingerprint density at radius 1 is 1.21 bits per heavy atom. The van der Waals surface area contributed by atoms with E-state index in [-0.39, 0.29) is 11.7 Å². The van der Waals surface area contributed by atoms with Gasteiger partial charge in [-0.1, -0.05) is 19.8 Å². The van der Waals surface area contributed by atoms with Gasteiger partial charge in [0.2, 0.25) is 0 Å². The molecule has 2 aliphatic heterocycles. The summed E-state index contributed by atoms with van der Waals surface area (Å²) in [6.45, 7) is 3.15. The molecule has 2 heterocycles. The fourth-order valence-electron chi connectivity index (χ4n) is 4.02. The number of hydrogen-bond acceptors (Lipinski definition) is 4. The van der Waals surface area contributed by atoms with Gasteiger partial charge in [0.25, 0.3) is 0 Å². The third-order valence-electron chi connectivity index (χ3n) is 5.10. The molecule has 2 saturated heterocycles. The van der Waals surface area contributed by atoms with E-state index < -0.39 is 0 Å². The normalized spacial score (nSPS) is 40.4. The standard InChI is InChI=1S/C15H26O2S2/c1-11-14(19-9-8-18-11)13(16)12-4-7-17-15(10-12)5-2-3-6-15/h11-14,16H,2-10H2,1H3. The topological polar surface area (TPSA) is 29.5 Å². The molecule has 4 atom stereocenters. The molecule has 1 saturated carbocycles. The van der Waals surface area contributed by atoms with E-state index in [2.05, 4.69) is 6.92 Å². The first kappa shape index (κ1) is 14.6. The van der Waals surface area contributed by atoms with Crippen LogP contribution in [-0.2, 0) is 4.74 Å². The fourth-order valence-corrected chi connectivity index (χ4v) is 6.94. The molecule has 0 aromatic rings. The van der Waals surface area contributed by atoms with Crippen LogP contribution in [0.1, 0.15) is 45.4 Å². The van der Waals surface area contributed by atoms with Gasteiger partial charge in [0, 0.05) is 28.6 Å². The zero-order valence-corrected chi connectivity index (χ0v) is 13.5. The Balaban J connectivity index is 1.64. The summed E-state index contributed by atoms with van der Waals surface area (Å²) < 4.78 is 6.10. The van der Waals surface area contributed by atoms with Crippen LogP contribution in [0.5, 0.6) is 0 Å². The van der Waals surface area contributed by atoms with E-state index in [1.807, 2.05) is 23.5 Å². The van der Waals surface area contributed by atoms with Crippen LogP contribution in [0.15, 0.2) is 0 Å². The molecular formula is C15H26O2S2. The smallest absolute Gasteiger partial charge is 0.0699 e. The van der Waals surface area contributed by atoms with Gasteiger partial charge < -0.3 is 9.84 Å². The van der Waals surface area contributed by atoms with Crippen LogP contribution >= 0.6 is 23.5 Å². The Hall–Kier alpha value is 0.620. The third kappa shape index (κ3) is 3.12. The molecule has 19 heavy (non-hydrogen) atoms. The predicted molar refractivity (Wildman–Crippen MR) is 84.0 cm³/mol. The number of ether oxygens (including phenoxy) is 1. The minimum Gasteiger partial charge on any atom is -0.392 e. The maximum absolute atomic E-state index is 10.8. The Kier molecular flexibility index (Phi) is 4.72. The van der Waals surface area contributed by atoms with Crippen LogP contribution in [0.3, 0.4) is 0 Å². The third-order valence-corrected chi connectivity index (χ3v) is 8.30. The van der Waals surface area contributed by atoms with Crippen LogP contribution in [0.4, 0.5) is 0 Å². The van der Waals surface area contributed by atoms with Crippen LogP contribution in [-0.4, -0.2) is 45.4 Å². The number of aliphatic hydroxyl groups excluding tert-OH is 1. The summed E-state index contributed by atoms with van der Waals surface area (Å²) in [5.41, 5.74) is 0.139. The molecule has 0 aromatic carbocycles. The average molecular weight is 303 g/mol. The SMILES string of the molecule is CC1SCCSC1C(O)C1CCOC2(CCCC2)C1. The number of hydrogen-bond donors (Lipinski definition) is 1. The largest absolute Gasteiger partial charge is 0.392 e. The predicted octanol–water partition coefficient (Wildman–Crippen LogP) is 3.32. The van der Waals surface area contributed by atoms with Gasteiger partial charge in [-0.25, -0.2) is 0 Å². The van der Waals surface area contributed by atoms with E-state index in [0.717, 1.165) is 19.4 Å². The lowest BCUT2D eigenvalue weighted by Gasteiger charge is -2.43. The van der Waals surface area contributed by atoms with Crippen molar-refractivity contribution in [2.75, 3.05) is 18.1 Å². The Bertz CT molecular complexity index is 305. The van der Waals surface area contributed by atoms with Gasteiger partial charge in [-0.05, 0) is 31.6 Å². The van der Waals surface area contributed by atoms with Crippen molar-refractivity contribution in [1.29, 1.82) is 0 Å². The summed E-state index contributed by atoms with van der Waals surface area (Å²) in [6.07, 6.45) is 7.09. The molecule has 110 valence electrons. The second kappa shape index (κ2) is 6.17. The van der Waals surface area contributed by atoms with Crippen molar-refractivity contribution in [3.8, 4) is 0 Å². The average Bonchev–Trinajstić information content (AvgIpc) is 2.86. The molecular weight excluding hydrogens is 276 g/mol. The Labute approximate surface area is 125 Å². The van der Waals surface area contributed by atoms with Crippen molar-refractivity contribution in [3.05, 3.63) is 0 Å². The number of aliphatic hydroxyl groups is 1. The highest BCUT2D eigenvalue weighted by Gasteiger charge is 2.44.